The highest BCUT2D eigenvalue weighted by atomic mass is 79.9. The van der Waals surface area contributed by atoms with Crippen molar-refractivity contribution in [3.8, 4) is 5.75 Å². The molecule has 0 aromatic heterocycles. The molecule has 0 heterocycles. The molecule has 2 aromatic rings. The number of benzene rings is 2. The average molecular weight is 399 g/mol. The van der Waals surface area contributed by atoms with Crippen LogP contribution in [-0.2, 0) is 0 Å². The Morgan fingerprint density at radius 1 is 1.20 bits per heavy atom. The fourth-order valence-electron chi connectivity index (χ4n) is 1.77. The summed E-state index contributed by atoms with van der Waals surface area (Å²) in [6, 6.07) is 11.0. The smallest absolute Gasteiger partial charge is 0.256 e. The van der Waals surface area contributed by atoms with Crippen LogP contribution >= 0.6 is 31.9 Å². The van der Waals surface area contributed by atoms with Crippen molar-refractivity contribution >= 4 is 43.5 Å². The van der Waals surface area contributed by atoms with Crippen LogP contribution in [0.25, 0.3) is 0 Å². The van der Waals surface area contributed by atoms with Crippen molar-refractivity contribution < 1.29 is 9.53 Å². The zero-order valence-electron chi connectivity index (χ0n) is 11.0. The van der Waals surface area contributed by atoms with E-state index in [-0.39, 0.29) is 5.91 Å². The van der Waals surface area contributed by atoms with Gasteiger partial charge in [-0.05, 0) is 46.6 Å². The number of nitrogens with one attached hydrogen (secondary N) is 1. The Hall–Kier alpha value is -1.33. The maximum atomic E-state index is 12.3. The van der Waals surface area contributed by atoms with Gasteiger partial charge in [-0.3, -0.25) is 4.79 Å². The summed E-state index contributed by atoms with van der Waals surface area (Å²) >= 11 is 6.83. The molecular weight excluding hydrogens is 386 g/mol. The van der Waals surface area contributed by atoms with Gasteiger partial charge in [0.1, 0.15) is 5.75 Å². The lowest BCUT2D eigenvalue weighted by molar-refractivity contribution is 0.102. The zero-order chi connectivity index (χ0) is 14.7. The van der Waals surface area contributed by atoms with Crippen molar-refractivity contribution in [2.45, 2.75) is 6.92 Å². The van der Waals surface area contributed by atoms with Crippen LogP contribution < -0.4 is 10.1 Å². The van der Waals surface area contributed by atoms with E-state index < -0.39 is 0 Å². The summed E-state index contributed by atoms with van der Waals surface area (Å²) in [5, 5.41) is 2.86. The zero-order valence-corrected chi connectivity index (χ0v) is 14.2. The van der Waals surface area contributed by atoms with Gasteiger partial charge >= 0.3 is 0 Å². The van der Waals surface area contributed by atoms with Crippen molar-refractivity contribution in [2.24, 2.45) is 0 Å². The molecule has 0 atom stereocenters. The molecule has 0 aliphatic rings. The molecule has 2 aromatic carbocycles. The van der Waals surface area contributed by atoms with Crippen molar-refractivity contribution in [1.29, 1.82) is 0 Å². The first-order valence-corrected chi connectivity index (χ1v) is 7.51. The van der Waals surface area contributed by atoms with E-state index in [0.717, 1.165) is 14.5 Å². The molecule has 20 heavy (non-hydrogen) atoms. The fraction of sp³-hybridized carbons (Fsp3) is 0.133. The minimum Gasteiger partial charge on any atom is -0.497 e. The Balaban J connectivity index is 2.28. The maximum absolute atomic E-state index is 12.3. The maximum Gasteiger partial charge on any atom is 0.256 e. The summed E-state index contributed by atoms with van der Waals surface area (Å²) in [5.41, 5.74) is 2.29. The number of hydrogen-bond acceptors (Lipinski definition) is 2. The SMILES string of the molecule is COc1cc(Br)cc(NC(=O)c2cccc(C)c2Br)c1. The standard InChI is InChI=1S/C15H13Br2NO2/c1-9-4-3-5-13(14(9)17)15(19)18-11-6-10(16)7-12(8-11)20-2/h3-8H,1-2H3,(H,18,19). The number of aryl methyl sites for hydroxylation is 1. The molecule has 1 amide bonds. The highest BCUT2D eigenvalue weighted by Gasteiger charge is 2.12. The van der Waals surface area contributed by atoms with Crippen molar-refractivity contribution in [1.82, 2.24) is 0 Å². The third-order valence-electron chi connectivity index (χ3n) is 2.80. The van der Waals surface area contributed by atoms with E-state index >= 15 is 0 Å². The van der Waals surface area contributed by atoms with Gasteiger partial charge in [-0.15, -0.1) is 0 Å². The molecule has 3 nitrogen and oxygen atoms in total. The molecule has 0 bridgehead atoms. The predicted octanol–water partition coefficient (Wildman–Crippen LogP) is 4.78. The second kappa shape index (κ2) is 6.41. The largest absolute Gasteiger partial charge is 0.497 e. The molecule has 104 valence electrons. The number of carbonyl (C=O) groups excluding carboxylic acids is 1. The van der Waals surface area contributed by atoms with Gasteiger partial charge in [0.2, 0.25) is 0 Å². The monoisotopic (exact) mass is 397 g/mol. The van der Waals surface area contributed by atoms with Crippen LogP contribution in [0.15, 0.2) is 45.3 Å². The van der Waals surface area contributed by atoms with Crippen LogP contribution in [-0.4, -0.2) is 13.0 Å². The summed E-state index contributed by atoms with van der Waals surface area (Å²) < 4.78 is 6.82. The van der Waals surface area contributed by atoms with Gasteiger partial charge in [0.05, 0.1) is 12.7 Å². The Morgan fingerprint density at radius 2 is 1.95 bits per heavy atom. The molecular formula is C15H13Br2NO2. The van der Waals surface area contributed by atoms with Crippen LogP contribution in [0.3, 0.4) is 0 Å². The number of methoxy groups -OCH3 is 1. The van der Waals surface area contributed by atoms with Crippen molar-refractivity contribution in [3.63, 3.8) is 0 Å². The Kier molecular flexibility index (Phi) is 4.83. The summed E-state index contributed by atoms with van der Waals surface area (Å²) in [4.78, 5) is 12.3. The first-order valence-electron chi connectivity index (χ1n) is 5.92. The quantitative estimate of drug-likeness (QED) is 0.807. The fourth-order valence-corrected chi connectivity index (χ4v) is 2.69. The minimum absolute atomic E-state index is 0.166. The summed E-state index contributed by atoms with van der Waals surface area (Å²) in [6.45, 7) is 1.95. The summed E-state index contributed by atoms with van der Waals surface area (Å²) in [7, 11) is 1.59. The second-order valence-corrected chi connectivity index (χ2v) is 5.98. The van der Waals surface area contributed by atoms with Gasteiger partial charge in [-0.25, -0.2) is 0 Å². The molecule has 5 heteroatoms. The van der Waals surface area contributed by atoms with Gasteiger partial charge in [0.15, 0.2) is 0 Å². The molecule has 0 saturated heterocycles. The number of carbonyl (C=O) groups is 1. The van der Waals surface area contributed by atoms with Gasteiger partial charge in [0, 0.05) is 20.7 Å². The van der Waals surface area contributed by atoms with Crippen LogP contribution in [0.5, 0.6) is 5.75 Å². The van der Waals surface area contributed by atoms with E-state index in [2.05, 4.69) is 37.2 Å². The molecule has 0 aliphatic heterocycles. The van der Waals surface area contributed by atoms with Crippen LogP contribution in [0.2, 0.25) is 0 Å². The number of halogens is 2. The van der Waals surface area contributed by atoms with E-state index in [9.17, 15) is 4.79 Å². The lowest BCUT2D eigenvalue weighted by atomic mass is 10.1. The second-order valence-electron chi connectivity index (χ2n) is 4.27. The van der Waals surface area contributed by atoms with E-state index in [1.165, 1.54) is 0 Å². The van der Waals surface area contributed by atoms with E-state index in [0.29, 0.717) is 17.0 Å². The number of anilines is 1. The average Bonchev–Trinajstić information content (AvgIpc) is 2.41. The lowest BCUT2D eigenvalue weighted by Crippen LogP contribution is -2.13. The lowest BCUT2D eigenvalue weighted by Gasteiger charge is -2.10. The van der Waals surface area contributed by atoms with E-state index in [1.54, 1.807) is 19.2 Å². The number of ether oxygens (including phenoxy) is 1. The molecule has 0 unspecified atom stereocenters. The van der Waals surface area contributed by atoms with Gasteiger partial charge in [-0.2, -0.15) is 0 Å². The Bertz CT molecular complexity index is 656. The highest BCUT2D eigenvalue weighted by Crippen LogP contribution is 2.26. The van der Waals surface area contributed by atoms with Gasteiger partial charge in [-0.1, -0.05) is 28.1 Å². The number of hydrogen-bond donors (Lipinski definition) is 1. The van der Waals surface area contributed by atoms with Gasteiger partial charge in [0.25, 0.3) is 5.91 Å². The minimum atomic E-state index is -0.166. The summed E-state index contributed by atoms with van der Waals surface area (Å²) in [6.07, 6.45) is 0. The molecule has 0 radical (unpaired) electrons. The third-order valence-corrected chi connectivity index (χ3v) is 4.31. The third kappa shape index (κ3) is 3.41. The summed E-state index contributed by atoms with van der Waals surface area (Å²) in [5.74, 6) is 0.513. The molecule has 0 aliphatic carbocycles. The van der Waals surface area contributed by atoms with Gasteiger partial charge < -0.3 is 10.1 Å². The first kappa shape index (κ1) is 15.1. The topological polar surface area (TPSA) is 38.3 Å². The predicted molar refractivity (Wildman–Crippen MR) is 87.5 cm³/mol. The van der Waals surface area contributed by atoms with Crippen LogP contribution in [0, 0.1) is 6.92 Å². The van der Waals surface area contributed by atoms with E-state index in [4.69, 9.17) is 4.74 Å². The highest BCUT2D eigenvalue weighted by molar-refractivity contribution is 9.10. The Morgan fingerprint density at radius 3 is 2.65 bits per heavy atom. The van der Waals surface area contributed by atoms with Crippen LogP contribution in [0.1, 0.15) is 15.9 Å². The molecule has 1 N–H and O–H groups in total. The van der Waals surface area contributed by atoms with Crippen molar-refractivity contribution in [2.75, 3.05) is 12.4 Å². The van der Waals surface area contributed by atoms with E-state index in [1.807, 2.05) is 31.2 Å². The molecule has 0 spiro atoms. The Labute approximate surface area is 134 Å². The van der Waals surface area contributed by atoms with Crippen molar-refractivity contribution in [3.05, 3.63) is 56.5 Å². The first-order chi connectivity index (χ1) is 9.51. The number of amides is 1. The molecule has 0 saturated carbocycles. The molecule has 2 rings (SSSR count). The van der Waals surface area contributed by atoms with Crippen LogP contribution in [0.4, 0.5) is 5.69 Å². The number of rotatable bonds is 3. The normalized spacial score (nSPS) is 10.2. The molecule has 0 fully saturated rings.